The van der Waals surface area contributed by atoms with E-state index in [0.717, 1.165) is 35.2 Å². The molecule has 0 amide bonds. The van der Waals surface area contributed by atoms with Crippen LogP contribution in [0.4, 0.5) is 0 Å². The van der Waals surface area contributed by atoms with E-state index in [-0.39, 0.29) is 5.56 Å². The number of methoxy groups -OCH3 is 1. The van der Waals surface area contributed by atoms with E-state index in [1.54, 1.807) is 37.5 Å². The van der Waals surface area contributed by atoms with Crippen LogP contribution in [0, 0.1) is 12.8 Å². The second kappa shape index (κ2) is 7.63. The lowest BCUT2D eigenvalue weighted by atomic mass is 9.89. The number of aromatic nitrogens is 2. The van der Waals surface area contributed by atoms with E-state index in [2.05, 4.69) is 16.9 Å². The minimum absolute atomic E-state index is 0.156. The highest BCUT2D eigenvalue weighted by Crippen LogP contribution is 2.36. The number of aromatic amines is 1. The van der Waals surface area contributed by atoms with Crippen LogP contribution in [-0.2, 0) is 17.6 Å². The van der Waals surface area contributed by atoms with Crippen LogP contribution in [0.5, 0.6) is 5.75 Å². The summed E-state index contributed by atoms with van der Waals surface area (Å²) in [5, 5.41) is 0.697. The summed E-state index contributed by atoms with van der Waals surface area (Å²) in [4.78, 5) is 34.7. The molecule has 0 fully saturated rings. The maximum atomic E-state index is 12.7. The van der Waals surface area contributed by atoms with Crippen molar-refractivity contribution in [2.75, 3.05) is 7.11 Å². The average Bonchev–Trinajstić information content (AvgIpc) is 3.05. The van der Waals surface area contributed by atoms with Crippen molar-refractivity contribution in [1.82, 2.24) is 9.97 Å². The molecule has 0 spiro atoms. The summed E-state index contributed by atoms with van der Waals surface area (Å²) in [7, 11) is 1.56. The Bertz CT molecular complexity index is 1150. The number of thiophene rings is 1. The number of hydrogen-bond acceptors (Lipinski definition) is 6. The molecule has 0 bridgehead atoms. The van der Waals surface area contributed by atoms with Gasteiger partial charge in [-0.3, -0.25) is 4.79 Å². The maximum Gasteiger partial charge on any atom is 0.338 e. The molecule has 3 aromatic rings. The van der Waals surface area contributed by atoms with Gasteiger partial charge in [-0.15, -0.1) is 11.3 Å². The lowest BCUT2D eigenvalue weighted by molar-refractivity contribution is 0.0319. The second-order valence-electron chi connectivity index (χ2n) is 7.72. The third kappa shape index (κ3) is 3.67. The van der Waals surface area contributed by atoms with Crippen LogP contribution in [0.1, 0.15) is 58.6 Å². The van der Waals surface area contributed by atoms with Gasteiger partial charge in [0, 0.05) is 4.88 Å². The number of ether oxygens (including phenoxy) is 2. The van der Waals surface area contributed by atoms with Gasteiger partial charge in [-0.2, -0.15) is 0 Å². The fourth-order valence-electron chi connectivity index (χ4n) is 3.79. The number of nitrogens with one attached hydrogen (secondary N) is 1. The van der Waals surface area contributed by atoms with Crippen LogP contribution >= 0.6 is 11.3 Å². The van der Waals surface area contributed by atoms with Crippen LogP contribution in [0.25, 0.3) is 10.2 Å². The van der Waals surface area contributed by atoms with E-state index in [9.17, 15) is 9.59 Å². The van der Waals surface area contributed by atoms with Crippen molar-refractivity contribution in [1.29, 1.82) is 0 Å². The van der Waals surface area contributed by atoms with Gasteiger partial charge in [0.15, 0.2) is 11.9 Å². The molecule has 0 unspecified atom stereocenters. The van der Waals surface area contributed by atoms with Crippen LogP contribution in [0.15, 0.2) is 23.0 Å². The molecule has 0 saturated carbocycles. The number of nitrogens with zero attached hydrogens (tertiary/aromatic N) is 1. The smallest absolute Gasteiger partial charge is 0.338 e. The van der Waals surface area contributed by atoms with Gasteiger partial charge >= 0.3 is 5.97 Å². The summed E-state index contributed by atoms with van der Waals surface area (Å²) in [6.07, 6.45) is 2.32. The minimum atomic E-state index is -0.676. The number of fused-ring (bicyclic) bond motifs is 3. The summed E-state index contributed by atoms with van der Waals surface area (Å²) in [5.74, 6) is 1.12. The SMILES string of the molecule is COc1cc(C(=O)O[C@@H](C)c2nc3sc4c(c3c(=O)[nH]2)CC[C@@H](C)C4)ccc1C. The number of carbonyl (C=O) groups is 1. The topological polar surface area (TPSA) is 81.3 Å². The zero-order chi connectivity index (χ0) is 20.7. The van der Waals surface area contributed by atoms with Crippen LogP contribution < -0.4 is 10.3 Å². The molecule has 1 aromatic carbocycles. The molecule has 0 saturated heterocycles. The number of esters is 1. The Labute approximate surface area is 172 Å². The third-order valence-corrected chi connectivity index (χ3v) is 6.64. The van der Waals surface area contributed by atoms with Gasteiger partial charge in [0.2, 0.25) is 0 Å². The maximum absolute atomic E-state index is 12.7. The van der Waals surface area contributed by atoms with Crippen LogP contribution in [0.2, 0.25) is 0 Å². The van der Waals surface area contributed by atoms with E-state index >= 15 is 0 Å². The fourth-order valence-corrected chi connectivity index (χ4v) is 5.18. The summed E-state index contributed by atoms with van der Waals surface area (Å²) in [6.45, 7) is 5.85. The summed E-state index contributed by atoms with van der Waals surface area (Å²) in [5.41, 5.74) is 2.31. The molecule has 2 heterocycles. The highest BCUT2D eigenvalue weighted by atomic mass is 32.1. The van der Waals surface area contributed by atoms with Crippen LogP contribution in [-0.4, -0.2) is 23.0 Å². The lowest BCUT2D eigenvalue weighted by Crippen LogP contribution is -2.18. The van der Waals surface area contributed by atoms with E-state index in [1.807, 2.05) is 13.0 Å². The van der Waals surface area contributed by atoms with E-state index in [1.165, 1.54) is 4.88 Å². The second-order valence-corrected chi connectivity index (χ2v) is 8.80. The summed E-state index contributed by atoms with van der Waals surface area (Å²) >= 11 is 1.58. The highest BCUT2D eigenvalue weighted by molar-refractivity contribution is 7.18. The number of hydrogen-bond donors (Lipinski definition) is 1. The number of rotatable bonds is 4. The predicted molar refractivity (Wildman–Crippen MR) is 113 cm³/mol. The van der Waals surface area contributed by atoms with Gasteiger partial charge in [-0.1, -0.05) is 13.0 Å². The van der Waals surface area contributed by atoms with Gasteiger partial charge in [-0.05, 0) is 62.3 Å². The Morgan fingerprint density at radius 3 is 2.93 bits per heavy atom. The molecule has 1 aliphatic rings. The summed E-state index contributed by atoms with van der Waals surface area (Å²) < 4.78 is 10.8. The Morgan fingerprint density at radius 1 is 1.38 bits per heavy atom. The lowest BCUT2D eigenvalue weighted by Gasteiger charge is -2.17. The van der Waals surface area contributed by atoms with Crippen molar-refractivity contribution in [2.24, 2.45) is 5.92 Å². The van der Waals surface area contributed by atoms with E-state index in [0.29, 0.717) is 28.4 Å². The third-order valence-electron chi connectivity index (χ3n) is 5.50. The Hall–Kier alpha value is -2.67. The average molecular weight is 413 g/mol. The Balaban J connectivity index is 1.61. The normalized spacial score (nSPS) is 17.0. The first kappa shape index (κ1) is 19.6. The molecular formula is C22H24N2O4S. The van der Waals surface area contributed by atoms with Gasteiger partial charge in [0.1, 0.15) is 10.6 Å². The molecule has 0 aliphatic heterocycles. The molecule has 152 valence electrons. The molecule has 4 rings (SSSR count). The van der Waals surface area contributed by atoms with Crippen molar-refractivity contribution >= 4 is 27.5 Å². The minimum Gasteiger partial charge on any atom is -0.496 e. The first-order valence-corrected chi connectivity index (χ1v) is 10.6. The van der Waals surface area contributed by atoms with E-state index in [4.69, 9.17) is 9.47 Å². The highest BCUT2D eigenvalue weighted by Gasteiger charge is 2.24. The monoisotopic (exact) mass is 412 g/mol. The first-order chi connectivity index (χ1) is 13.9. The molecule has 1 aliphatic carbocycles. The van der Waals surface area contributed by atoms with Crippen molar-refractivity contribution in [3.63, 3.8) is 0 Å². The standard InChI is InChI=1S/C22H24N2O4S/c1-11-5-8-15-17(9-11)29-21-18(15)20(25)23-19(24-21)13(3)28-22(26)14-7-6-12(2)16(10-14)27-4/h6-7,10-11,13H,5,8-9H2,1-4H3,(H,23,24,25)/t11-,13+/m1/s1. The Kier molecular flexibility index (Phi) is 5.17. The van der Waals surface area contributed by atoms with Gasteiger partial charge in [0.05, 0.1) is 18.1 Å². The molecule has 1 N–H and O–H groups in total. The predicted octanol–water partition coefficient (Wildman–Crippen LogP) is 4.34. The molecular weight excluding hydrogens is 388 g/mol. The first-order valence-electron chi connectivity index (χ1n) is 9.77. The van der Waals surface area contributed by atoms with Crippen molar-refractivity contribution in [3.8, 4) is 5.75 Å². The van der Waals surface area contributed by atoms with Crippen molar-refractivity contribution in [3.05, 3.63) is 55.9 Å². The van der Waals surface area contributed by atoms with Crippen LogP contribution in [0.3, 0.4) is 0 Å². The number of aryl methyl sites for hydroxylation is 2. The molecule has 0 radical (unpaired) electrons. The molecule has 6 nitrogen and oxygen atoms in total. The van der Waals surface area contributed by atoms with Gasteiger partial charge < -0.3 is 14.5 Å². The fraction of sp³-hybridized carbons (Fsp3) is 0.409. The molecule has 2 aromatic heterocycles. The number of carbonyl (C=O) groups excluding carboxylic acids is 1. The Morgan fingerprint density at radius 2 is 2.17 bits per heavy atom. The van der Waals surface area contributed by atoms with Gasteiger partial charge in [0.25, 0.3) is 5.56 Å². The molecule has 29 heavy (non-hydrogen) atoms. The zero-order valence-electron chi connectivity index (χ0n) is 17.0. The van der Waals surface area contributed by atoms with E-state index < -0.39 is 12.1 Å². The zero-order valence-corrected chi connectivity index (χ0v) is 17.8. The number of benzene rings is 1. The van der Waals surface area contributed by atoms with Gasteiger partial charge in [-0.25, -0.2) is 9.78 Å². The summed E-state index contributed by atoms with van der Waals surface area (Å²) in [6, 6.07) is 5.16. The largest absolute Gasteiger partial charge is 0.496 e. The molecule has 7 heteroatoms. The van der Waals surface area contributed by atoms with Crippen molar-refractivity contribution < 1.29 is 14.3 Å². The van der Waals surface area contributed by atoms with Crippen molar-refractivity contribution in [2.45, 2.75) is 46.1 Å². The molecule has 2 atom stereocenters. The number of H-pyrrole nitrogens is 1. The quantitative estimate of drug-likeness (QED) is 0.645.